The van der Waals surface area contributed by atoms with E-state index in [1.54, 1.807) is 11.8 Å². The predicted octanol–water partition coefficient (Wildman–Crippen LogP) is 3.32. The molecule has 3 heterocycles. The summed E-state index contributed by atoms with van der Waals surface area (Å²) in [5.74, 6) is 1.55. The van der Waals surface area contributed by atoms with E-state index in [-0.39, 0.29) is 0 Å². The molecule has 0 bridgehead atoms. The quantitative estimate of drug-likeness (QED) is 0.457. The molecular weight excluding hydrogens is 378 g/mol. The normalized spacial score (nSPS) is 10.9. The third kappa shape index (κ3) is 3.91. The van der Waals surface area contributed by atoms with Gasteiger partial charge < -0.3 is 10.1 Å². The molecule has 0 aliphatic rings. The molecule has 7 nitrogen and oxygen atoms in total. The number of fused-ring (bicyclic) bond motifs is 1. The molecule has 0 aliphatic heterocycles. The second-order valence-electron chi connectivity index (χ2n) is 6.82. The van der Waals surface area contributed by atoms with Gasteiger partial charge in [0.15, 0.2) is 5.65 Å². The van der Waals surface area contributed by atoms with Crippen molar-refractivity contribution in [3.63, 3.8) is 0 Å². The van der Waals surface area contributed by atoms with E-state index in [0.717, 1.165) is 40.3 Å². The summed E-state index contributed by atoms with van der Waals surface area (Å²) in [7, 11) is 1.62. The molecule has 30 heavy (non-hydrogen) atoms. The molecule has 4 aromatic rings. The fraction of sp³-hybridized carbons (Fsp3) is 0.261. The Bertz CT molecular complexity index is 1140. The van der Waals surface area contributed by atoms with Crippen LogP contribution in [0, 0.1) is 0 Å². The van der Waals surface area contributed by atoms with Gasteiger partial charge in [-0.15, -0.1) is 0 Å². The fourth-order valence-electron chi connectivity index (χ4n) is 3.35. The number of nitrogens with zero attached hydrogens (tertiary/aromatic N) is 4. The standard InChI is InChI=1S/C23H26N5O2/c1-4-18-15-25-28-21(13-20(26-23(18)28)19-9-7-6-8-10-19)24-14-17-11-12-22(30-5-2)27(16-17)29-3/h6-13,15-16,24H,4-5,14H2,1-3H3/q+1. The van der Waals surface area contributed by atoms with Gasteiger partial charge in [0, 0.05) is 34.0 Å². The van der Waals surface area contributed by atoms with Crippen LogP contribution in [-0.4, -0.2) is 28.3 Å². The smallest absolute Gasteiger partial charge is 0.416 e. The Kier molecular flexibility index (Phi) is 5.79. The van der Waals surface area contributed by atoms with Crippen LogP contribution in [-0.2, 0) is 13.0 Å². The molecule has 0 saturated heterocycles. The lowest BCUT2D eigenvalue weighted by Gasteiger charge is -2.11. The van der Waals surface area contributed by atoms with Gasteiger partial charge in [-0.25, -0.2) is 4.98 Å². The lowest BCUT2D eigenvalue weighted by Crippen LogP contribution is -2.42. The first-order valence-electron chi connectivity index (χ1n) is 10.1. The van der Waals surface area contributed by atoms with Gasteiger partial charge in [0.25, 0.3) is 0 Å². The number of anilines is 1. The molecule has 0 saturated carbocycles. The van der Waals surface area contributed by atoms with Gasteiger partial charge in [-0.3, -0.25) is 4.84 Å². The molecule has 0 radical (unpaired) electrons. The van der Waals surface area contributed by atoms with Gasteiger partial charge in [0.1, 0.15) is 12.9 Å². The van der Waals surface area contributed by atoms with Crippen molar-refractivity contribution in [1.29, 1.82) is 0 Å². The second kappa shape index (κ2) is 8.82. The molecular formula is C23H26N5O2+. The molecule has 0 aliphatic carbocycles. The Morgan fingerprint density at radius 3 is 2.67 bits per heavy atom. The summed E-state index contributed by atoms with van der Waals surface area (Å²) in [6.45, 7) is 5.25. The van der Waals surface area contributed by atoms with E-state index in [1.165, 1.54) is 0 Å². The van der Waals surface area contributed by atoms with Gasteiger partial charge in [-0.1, -0.05) is 37.3 Å². The zero-order chi connectivity index (χ0) is 20.9. The monoisotopic (exact) mass is 404 g/mol. The van der Waals surface area contributed by atoms with Crippen LogP contribution in [0.5, 0.6) is 5.88 Å². The minimum atomic E-state index is 0.581. The fourth-order valence-corrected chi connectivity index (χ4v) is 3.35. The van der Waals surface area contributed by atoms with Crippen LogP contribution >= 0.6 is 0 Å². The predicted molar refractivity (Wildman–Crippen MR) is 115 cm³/mol. The molecule has 3 aromatic heterocycles. The molecule has 0 spiro atoms. The maximum Gasteiger partial charge on any atom is 0.416 e. The first-order chi connectivity index (χ1) is 14.7. The SMILES string of the molecule is CCOc1ccc(CNc2cc(-c3ccccc3)nc3c(CC)cnn23)c[n+]1OC. The average molecular weight is 404 g/mol. The van der Waals surface area contributed by atoms with Crippen LogP contribution in [0.15, 0.2) is 60.9 Å². The Balaban J connectivity index is 1.67. The number of nitrogens with one attached hydrogen (secondary N) is 1. The maximum absolute atomic E-state index is 5.58. The van der Waals surface area contributed by atoms with E-state index in [9.17, 15) is 0 Å². The maximum atomic E-state index is 5.58. The number of aromatic nitrogens is 4. The highest BCUT2D eigenvalue weighted by atomic mass is 16.7. The number of hydrogen-bond donors (Lipinski definition) is 1. The topological polar surface area (TPSA) is 64.6 Å². The molecule has 1 aromatic carbocycles. The van der Waals surface area contributed by atoms with E-state index >= 15 is 0 Å². The summed E-state index contributed by atoms with van der Waals surface area (Å²) in [5.41, 5.74) is 5.03. The number of aryl methyl sites for hydroxylation is 1. The van der Waals surface area contributed by atoms with E-state index in [2.05, 4.69) is 29.5 Å². The number of ether oxygens (including phenoxy) is 1. The van der Waals surface area contributed by atoms with Crippen molar-refractivity contribution in [2.45, 2.75) is 26.8 Å². The molecule has 4 rings (SSSR count). The number of pyridine rings is 1. The van der Waals surface area contributed by atoms with Crippen molar-refractivity contribution in [3.05, 3.63) is 72.1 Å². The van der Waals surface area contributed by atoms with Gasteiger partial charge in [-0.2, -0.15) is 9.61 Å². The highest BCUT2D eigenvalue weighted by molar-refractivity contribution is 5.67. The summed E-state index contributed by atoms with van der Waals surface area (Å²) in [4.78, 5) is 10.3. The summed E-state index contributed by atoms with van der Waals surface area (Å²) in [6, 6.07) is 16.2. The third-order valence-corrected chi connectivity index (χ3v) is 4.90. The van der Waals surface area contributed by atoms with Crippen molar-refractivity contribution in [1.82, 2.24) is 14.6 Å². The third-order valence-electron chi connectivity index (χ3n) is 4.90. The van der Waals surface area contributed by atoms with Crippen LogP contribution in [0.3, 0.4) is 0 Å². The van der Waals surface area contributed by atoms with E-state index in [0.29, 0.717) is 19.0 Å². The van der Waals surface area contributed by atoms with Crippen molar-refractivity contribution in [3.8, 4) is 17.1 Å². The molecule has 0 atom stereocenters. The number of benzene rings is 1. The van der Waals surface area contributed by atoms with E-state index in [1.807, 2.05) is 60.2 Å². The molecule has 7 heteroatoms. The van der Waals surface area contributed by atoms with Crippen LogP contribution in [0.4, 0.5) is 5.82 Å². The Morgan fingerprint density at radius 1 is 1.10 bits per heavy atom. The molecule has 0 amide bonds. The molecule has 154 valence electrons. The first kappa shape index (κ1) is 19.7. The van der Waals surface area contributed by atoms with Crippen LogP contribution < -0.4 is 19.6 Å². The largest absolute Gasteiger partial charge is 0.442 e. The Morgan fingerprint density at radius 2 is 1.93 bits per heavy atom. The summed E-state index contributed by atoms with van der Waals surface area (Å²) >= 11 is 0. The zero-order valence-corrected chi connectivity index (χ0v) is 17.5. The summed E-state index contributed by atoms with van der Waals surface area (Å²) in [6.07, 6.45) is 4.67. The number of rotatable bonds is 8. The minimum Gasteiger partial charge on any atom is -0.442 e. The zero-order valence-electron chi connectivity index (χ0n) is 17.5. The summed E-state index contributed by atoms with van der Waals surface area (Å²) in [5, 5.41) is 8.06. The van der Waals surface area contributed by atoms with Gasteiger partial charge in [0.2, 0.25) is 6.20 Å². The van der Waals surface area contributed by atoms with Gasteiger partial charge >= 0.3 is 5.88 Å². The first-order valence-corrected chi connectivity index (χ1v) is 10.1. The average Bonchev–Trinajstić information content (AvgIpc) is 3.22. The van der Waals surface area contributed by atoms with Crippen LogP contribution in [0.2, 0.25) is 0 Å². The summed E-state index contributed by atoms with van der Waals surface area (Å²) < 4.78 is 9.07. The van der Waals surface area contributed by atoms with Gasteiger partial charge in [-0.05, 0) is 19.4 Å². The second-order valence-corrected chi connectivity index (χ2v) is 6.82. The van der Waals surface area contributed by atoms with Crippen molar-refractivity contribution >= 4 is 11.5 Å². The Labute approximate surface area is 175 Å². The highest BCUT2D eigenvalue weighted by Crippen LogP contribution is 2.24. The number of hydrogen-bond acceptors (Lipinski definition) is 5. The molecule has 1 N–H and O–H groups in total. The minimum absolute atomic E-state index is 0.581. The lowest BCUT2D eigenvalue weighted by molar-refractivity contribution is -0.887. The van der Waals surface area contributed by atoms with Gasteiger partial charge in [0.05, 0.1) is 24.6 Å². The van der Waals surface area contributed by atoms with Crippen molar-refractivity contribution in [2.24, 2.45) is 0 Å². The lowest BCUT2D eigenvalue weighted by atomic mass is 10.1. The Hall–Kier alpha value is -3.61. The van der Waals surface area contributed by atoms with Crippen molar-refractivity contribution in [2.75, 3.05) is 19.0 Å². The van der Waals surface area contributed by atoms with E-state index < -0.39 is 0 Å². The highest BCUT2D eigenvalue weighted by Gasteiger charge is 2.15. The molecule has 0 fully saturated rings. The van der Waals surface area contributed by atoms with E-state index in [4.69, 9.17) is 14.6 Å². The van der Waals surface area contributed by atoms with Crippen molar-refractivity contribution < 1.29 is 14.3 Å². The van der Waals surface area contributed by atoms with Crippen LogP contribution in [0.25, 0.3) is 16.9 Å². The molecule has 0 unspecified atom stereocenters. The van der Waals surface area contributed by atoms with Crippen LogP contribution in [0.1, 0.15) is 25.0 Å².